The summed E-state index contributed by atoms with van der Waals surface area (Å²) in [6, 6.07) is 6.95. The lowest BCUT2D eigenvalue weighted by Crippen LogP contribution is -2.54. The number of rotatable bonds is 5. The molecule has 138 valence electrons. The van der Waals surface area contributed by atoms with E-state index in [0.29, 0.717) is 24.1 Å². The van der Waals surface area contributed by atoms with Gasteiger partial charge in [-0.05, 0) is 37.8 Å². The average molecular weight is 356 g/mol. The molecule has 0 aromatic carbocycles. The van der Waals surface area contributed by atoms with E-state index in [2.05, 4.69) is 15.4 Å². The zero-order valence-corrected chi connectivity index (χ0v) is 15.3. The SMILES string of the molecule is CC(C)c1nn(CC(=O)NC2CC(C)(O)C2)c(=O)cc1-c1ccccn1. The van der Waals surface area contributed by atoms with E-state index in [1.807, 2.05) is 32.0 Å². The maximum Gasteiger partial charge on any atom is 0.267 e. The van der Waals surface area contributed by atoms with E-state index < -0.39 is 5.60 Å². The third kappa shape index (κ3) is 3.99. The molecule has 1 saturated carbocycles. The molecular formula is C19H24N4O3. The van der Waals surface area contributed by atoms with Gasteiger partial charge in [0.15, 0.2) is 0 Å². The first-order chi connectivity index (χ1) is 12.2. The molecule has 7 heteroatoms. The standard InChI is InChI=1S/C19H24N4O3/c1-12(2)18-14(15-6-4-5-7-20-15)8-17(25)23(22-18)11-16(24)21-13-9-19(3,26)10-13/h4-8,12-13,26H,9-11H2,1-3H3,(H,21,24). The maximum atomic E-state index is 12.4. The molecule has 0 spiro atoms. The molecule has 0 unspecified atom stereocenters. The Morgan fingerprint density at radius 1 is 1.42 bits per heavy atom. The van der Waals surface area contributed by atoms with Crippen LogP contribution in [0.3, 0.4) is 0 Å². The van der Waals surface area contributed by atoms with E-state index in [4.69, 9.17) is 0 Å². The van der Waals surface area contributed by atoms with Gasteiger partial charge in [-0.2, -0.15) is 5.10 Å². The van der Waals surface area contributed by atoms with Crippen molar-refractivity contribution in [2.75, 3.05) is 0 Å². The van der Waals surface area contributed by atoms with Crippen LogP contribution in [0.5, 0.6) is 0 Å². The molecule has 26 heavy (non-hydrogen) atoms. The number of aromatic nitrogens is 3. The van der Waals surface area contributed by atoms with Crippen LogP contribution in [0.15, 0.2) is 35.3 Å². The van der Waals surface area contributed by atoms with Crippen molar-refractivity contribution < 1.29 is 9.90 Å². The van der Waals surface area contributed by atoms with Gasteiger partial charge in [0.05, 0.1) is 17.0 Å². The van der Waals surface area contributed by atoms with Crippen LogP contribution < -0.4 is 10.9 Å². The molecule has 0 saturated heterocycles. The Morgan fingerprint density at radius 3 is 2.73 bits per heavy atom. The van der Waals surface area contributed by atoms with Gasteiger partial charge in [-0.25, -0.2) is 4.68 Å². The van der Waals surface area contributed by atoms with Crippen molar-refractivity contribution in [1.82, 2.24) is 20.1 Å². The Kier molecular flexibility index (Phi) is 4.91. The molecule has 7 nitrogen and oxygen atoms in total. The number of pyridine rings is 1. The highest BCUT2D eigenvalue weighted by Gasteiger charge is 2.39. The normalized spacial score (nSPS) is 22.1. The molecule has 1 aliphatic rings. The van der Waals surface area contributed by atoms with Crippen molar-refractivity contribution in [3.63, 3.8) is 0 Å². The second-order valence-corrected chi connectivity index (χ2v) is 7.48. The fraction of sp³-hybridized carbons (Fsp3) is 0.474. The number of aliphatic hydroxyl groups is 1. The second kappa shape index (κ2) is 6.99. The minimum atomic E-state index is -0.706. The fourth-order valence-electron chi connectivity index (χ4n) is 3.29. The summed E-state index contributed by atoms with van der Waals surface area (Å²) in [5.41, 5.74) is 1.06. The second-order valence-electron chi connectivity index (χ2n) is 7.48. The van der Waals surface area contributed by atoms with Crippen molar-refractivity contribution in [1.29, 1.82) is 0 Å². The van der Waals surface area contributed by atoms with E-state index in [0.717, 1.165) is 5.69 Å². The van der Waals surface area contributed by atoms with E-state index >= 15 is 0 Å². The topological polar surface area (TPSA) is 97.1 Å². The van der Waals surface area contributed by atoms with Crippen molar-refractivity contribution in [3.05, 3.63) is 46.5 Å². The number of hydrogen-bond acceptors (Lipinski definition) is 5. The number of nitrogens with one attached hydrogen (secondary N) is 1. The Balaban J connectivity index is 1.81. The van der Waals surface area contributed by atoms with Crippen LogP contribution in [0, 0.1) is 0 Å². The van der Waals surface area contributed by atoms with E-state index in [9.17, 15) is 14.7 Å². The summed E-state index contributed by atoms with van der Waals surface area (Å²) >= 11 is 0. The number of amides is 1. The Hall–Kier alpha value is -2.54. The lowest BCUT2D eigenvalue weighted by Gasteiger charge is -2.41. The molecule has 0 aliphatic heterocycles. The summed E-state index contributed by atoms with van der Waals surface area (Å²) in [4.78, 5) is 29.0. The zero-order chi connectivity index (χ0) is 18.9. The predicted molar refractivity (Wildman–Crippen MR) is 97.6 cm³/mol. The van der Waals surface area contributed by atoms with Crippen molar-refractivity contribution in [2.24, 2.45) is 0 Å². The van der Waals surface area contributed by atoms with Gasteiger partial charge in [-0.1, -0.05) is 19.9 Å². The van der Waals surface area contributed by atoms with Gasteiger partial charge in [0.25, 0.3) is 5.56 Å². The van der Waals surface area contributed by atoms with E-state index in [1.165, 1.54) is 10.7 Å². The van der Waals surface area contributed by atoms with Crippen molar-refractivity contribution in [2.45, 2.75) is 57.7 Å². The molecule has 2 aromatic rings. The number of hydrogen-bond donors (Lipinski definition) is 2. The number of carbonyl (C=O) groups excluding carboxylic acids is 1. The van der Waals surface area contributed by atoms with Crippen LogP contribution in [0.2, 0.25) is 0 Å². The molecular weight excluding hydrogens is 332 g/mol. The van der Waals surface area contributed by atoms with Crippen LogP contribution in [-0.2, 0) is 11.3 Å². The van der Waals surface area contributed by atoms with Gasteiger partial charge >= 0.3 is 0 Å². The maximum absolute atomic E-state index is 12.4. The number of carbonyl (C=O) groups is 1. The highest BCUT2D eigenvalue weighted by atomic mass is 16.3. The van der Waals surface area contributed by atoms with E-state index in [-0.39, 0.29) is 30.0 Å². The van der Waals surface area contributed by atoms with Crippen LogP contribution in [0.1, 0.15) is 45.2 Å². The van der Waals surface area contributed by atoms with Gasteiger partial charge in [0.2, 0.25) is 5.91 Å². The first-order valence-corrected chi connectivity index (χ1v) is 8.80. The Bertz CT molecular complexity index is 851. The predicted octanol–water partition coefficient (Wildman–Crippen LogP) is 1.46. The van der Waals surface area contributed by atoms with Crippen LogP contribution in [-0.4, -0.2) is 37.4 Å². The monoisotopic (exact) mass is 356 g/mol. The van der Waals surface area contributed by atoms with Gasteiger partial charge in [-0.15, -0.1) is 0 Å². The smallest absolute Gasteiger partial charge is 0.267 e. The lowest BCUT2D eigenvalue weighted by molar-refractivity contribution is -0.125. The van der Waals surface area contributed by atoms with Gasteiger partial charge < -0.3 is 10.4 Å². The van der Waals surface area contributed by atoms with Crippen LogP contribution >= 0.6 is 0 Å². The van der Waals surface area contributed by atoms with E-state index in [1.54, 1.807) is 13.1 Å². The molecule has 1 amide bonds. The molecule has 2 N–H and O–H groups in total. The summed E-state index contributed by atoms with van der Waals surface area (Å²) in [5.74, 6) is -0.205. The minimum Gasteiger partial charge on any atom is -0.390 e. The third-order valence-corrected chi connectivity index (χ3v) is 4.55. The average Bonchev–Trinajstić information content (AvgIpc) is 2.55. The highest BCUT2D eigenvalue weighted by molar-refractivity contribution is 5.76. The van der Waals surface area contributed by atoms with Crippen LogP contribution in [0.4, 0.5) is 0 Å². The first-order valence-electron chi connectivity index (χ1n) is 8.80. The summed E-state index contributed by atoms with van der Waals surface area (Å²) in [7, 11) is 0. The first kappa shape index (κ1) is 18.3. The minimum absolute atomic E-state index is 0.0504. The van der Waals surface area contributed by atoms with Gasteiger partial charge in [-0.3, -0.25) is 14.6 Å². The quantitative estimate of drug-likeness (QED) is 0.845. The van der Waals surface area contributed by atoms with Crippen molar-refractivity contribution in [3.8, 4) is 11.3 Å². The third-order valence-electron chi connectivity index (χ3n) is 4.55. The molecule has 2 heterocycles. The van der Waals surface area contributed by atoms with Gasteiger partial charge in [0.1, 0.15) is 6.54 Å². The summed E-state index contributed by atoms with van der Waals surface area (Å²) in [6.07, 6.45) is 2.72. The summed E-state index contributed by atoms with van der Waals surface area (Å²) < 4.78 is 1.19. The lowest BCUT2D eigenvalue weighted by atomic mass is 9.77. The summed E-state index contributed by atoms with van der Waals surface area (Å²) in [6.45, 7) is 5.58. The fourth-order valence-corrected chi connectivity index (χ4v) is 3.29. The number of nitrogens with zero attached hydrogens (tertiary/aromatic N) is 3. The molecule has 0 radical (unpaired) electrons. The van der Waals surface area contributed by atoms with Crippen molar-refractivity contribution >= 4 is 5.91 Å². The largest absolute Gasteiger partial charge is 0.390 e. The highest BCUT2D eigenvalue weighted by Crippen LogP contribution is 2.31. The molecule has 0 bridgehead atoms. The molecule has 1 fully saturated rings. The Labute approximate surface area is 152 Å². The Morgan fingerprint density at radius 2 is 2.15 bits per heavy atom. The summed E-state index contributed by atoms with van der Waals surface area (Å²) in [5, 5.41) is 17.0. The van der Waals surface area contributed by atoms with Crippen LogP contribution in [0.25, 0.3) is 11.3 Å². The molecule has 2 aromatic heterocycles. The zero-order valence-electron chi connectivity index (χ0n) is 15.3. The van der Waals surface area contributed by atoms with Gasteiger partial charge in [0, 0.05) is 23.9 Å². The molecule has 3 rings (SSSR count). The molecule has 1 aliphatic carbocycles. The molecule has 0 atom stereocenters.